The van der Waals surface area contributed by atoms with Crippen molar-refractivity contribution in [1.29, 1.82) is 0 Å². The van der Waals surface area contributed by atoms with E-state index in [2.05, 4.69) is 158 Å². The summed E-state index contributed by atoms with van der Waals surface area (Å²) in [6, 6.07) is 67.6. The van der Waals surface area contributed by atoms with E-state index in [0.29, 0.717) is 23.1 Å². The lowest BCUT2D eigenvalue weighted by molar-refractivity contribution is 0.359. The van der Waals surface area contributed by atoms with Crippen LogP contribution in [0.25, 0.3) is 72.5 Å². The standard InChI is InChI=1S/C59H38N2O3/c1-4-16-37(17-5-1)49-36-50(39-30-31-45-44-24-11-13-28-51(44)62-54(45)35-39)61-58(60-49)40-19-14-18-38(34-40)43-26-15-29-52-56(43)64-57-53(63-52)33-32-48-55(57)46-25-10-12-27-47(46)59(48,41-20-6-2-7-21-41)42-22-8-3-9-23-42/h1-11,13-26,28-36H,12,27H2. The lowest BCUT2D eigenvalue weighted by Gasteiger charge is -2.36. The molecule has 0 unspecified atom stereocenters. The molecular formula is C59H38N2O3. The van der Waals surface area contributed by atoms with Crippen LogP contribution in [0.2, 0.25) is 0 Å². The molecule has 64 heavy (non-hydrogen) atoms. The zero-order chi connectivity index (χ0) is 42.2. The summed E-state index contributed by atoms with van der Waals surface area (Å²) < 4.78 is 20.4. The first-order valence-corrected chi connectivity index (χ1v) is 21.9. The first kappa shape index (κ1) is 36.4. The highest BCUT2D eigenvalue weighted by Crippen LogP contribution is 2.63. The molecule has 5 heteroatoms. The molecule has 0 N–H and O–H groups in total. The van der Waals surface area contributed by atoms with Crippen LogP contribution in [0, 0.1) is 0 Å². The van der Waals surface area contributed by atoms with Gasteiger partial charge in [-0.3, -0.25) is 0 Å². The van der Waals surface area contributed by atoms with Gasteiger partial charge in [-0.2, -0.15) is 0 Å². The Bertz CT molecular complexity index is 3510. The van der Waals surface area contributed by atoms with Gasteiger partial charge < -0.3 is 13.9 Å². The Morgan fingerprint density at radius 3 is 1.95 bits per heavy atom. The monoisotopic (exact) mass is 822 g/mol. The second-order valence-corrected chi connectivity index (χ2v) is 16.7. The van der Waals surface area contributed by atoms with E-state index in [1.807, 2.05) is 48.5 Å². The van der Waals surface area contributed by atoms with Crippen molar-refractivity contribution in [3.63, 3.8) is 0 Å². The normalized spacial score (nSPS) is 14.4. The molecule has 3 heterocycles. The highest BCUT2D eigenvalue weighted by molar-refractivity contribution is 6.06. The molecule has 302 valence electrons. The van der Waals surface area contributed by atoms with Gasteiger partial charge in [0.15, 0.2) is 28.8 Å². The van der Waals surface area contributed by atoms with E-state index in [9.17, 15) is 0 Å². The van der Waals surface area contributed by atoms with Crippen LogP contribution < -0.4 is 9.47 Å². The molecule has 0 fully saturated rings. The summed E-state index contributed by atoms with van der Waals surface area (Å²) in [5, 5.41) is 2.17. The van der Waals surface area contributed by atoms with Crippen molar-refractivity contribution in [3.05, 3.63) is 234 Å². The van der Waals surface area contributed by atoms with Gasteiger partial charge in [0.1, 0.15) is 11.2 Å². The SMILES string of the molecule is C1=CC2=C(CC1)C(c1ccccc1)(c1ccccc1)c1ccc3c(c12)Oc1c(cccc1-c1cccc(-c2nc(-c4ccccc4)cc(-c4ccc5c(c4)oc4ccccc45)n2)c1)O3. The minimum Gasteiger partial charge on any atom is -0.456 e. The van der Waals surface area contributed by atoms with Crippen molar-refractivity contribution < 1.29 is 13.9 Å². The molecule has 1 aliphatic heterocycles. The number of benzene rings is 8. The maximum absolute atomic E-state index is 7.24. The predicted molar refractivity (Wildman–Crippen MR) is 256 cm³/mol. The van der Waals surface area contributed by atoms with Crippen molar-refractivity contribution in [2.24, 2.45) is 0 Å². The molecule has 0 bridgehead atoms. The molecule has 2 aliphatic carbocycles. The van der Waals surface area contributed by atoms with E-state index in [4.69, 9.17) is 23.9 Å². The third-order valence-electron chi connectivity index (χ3n) is 13.1. The number of ether oxygens (including phenoxy) is 2. The summed E-state index contributed by atoms with van der Waals surface area (Å²) in [6.45, 7) is 0. The zero-order valence-electron chi connectivity index (χ0n) is 34.7. The number of hydrogen-bond donors (Lipinski definition) is 0. The molecule has 13 rings (SSSR count). The second kappa shape index (κ2) is 14.4. The number of hydrogen-bond acceptors (Lipinski definition) is 5. The zero-order valence-corrected chi connectivity index (χ0v) is 34.7. The Hall–Kier alpha value is -8.28. The van der Waals surface area contributed by atoms with E-state index in [0.717, 1.165) is 85.3 Å². The fourth-order valence-corrected chi connectivity index (χ4v) is 10.3. The van der Waals surface area contributed by atoms with E-state index in [-0.39, 0.29) is 0 Å². The molecule has 2 aromatic heterocycles. The smallest absolute Gasteiger partial charge is 0.178 e. The molecule has 5 nitrogen and oxygen atoms in total. The summed E-state index contributed by atoms with van der Waals surface area (Å²) in [4.78, 5) is 10.4. The average molecular weight is 823 g/mol. The van der Waals surface area contributed by atoms with Crippen molar-refractivity contribution in [3.8, 4) is 68.0 Å². The molecule has 0 radical (unpaired) electrons. The Labute approximate surface area is 370 Å². The lowest BCUT2D eigenvalue weighted by atomic mass is 9.65. The fraction of sp³-hybridized carbons (Fsp3) is 0.0508. The molecular weight excluding hydrogens is 785 g/mol. The molecule has 0 amide bonds. The van der Waals surface area contributed by atoms with Crippen molar-refractivity contribution >= 4 is 27.5 Å². The van der Waals surface area contributed by atoms with Crippen LogP contribution in [0.1, 0.15) is 35.1 Å². The summed E-state index contributed by atoms with van der Waals surface area (Å²) >= 11 is 0. The summed E-state index contributed by atoms with van der Waals surface area (Å²) in [5.41, 5.74) is 15.0. The third-order valence-corrected chi connectivity index (χ3v) is 13.1. The van der Waals surface area contributed by atoms with Crippen molar-refractivity contribution in [2.45, 2.75) is 18.3 Å². The van der Waals surface area contributed by atoms with E-state index in [1.165, 1.54) is 27.8 Å². The van der Waals surface area contributed by atoms with Crippen LogP contribution in [0.5, 0.6) is 23.0 Å². The quantitative estimate of drug-likeness (QED) is 0.167. The molecule has 0 saturated carbocycles. The van der Waals surface area contributed by atoms with Gasteiger partial charge in [0.25, 0.3) is 0 Å². The lowest BCUT2D eigenvalue weighted by Crippen LogP contribution is -2.30. The summed E-state index contributed by atoms with van der Waals surface area (Å²) in [7, 11) is 0. The maximum Gasteiger partial charge on any atom is 0.178 e. The van der Waals surface area contributed by atoms with Crippen LogP contribution in [-0.4, -0.2) is 9.97 Å². The van der Waals surface area contributed by atoms with E-state index >= 15 is 0 Å². The number of fused-ring (bicyclic) bond motifs is 8. The van der Waals surface area contributed by atoms with Gasteiger partial charge in [0, 0.05) is 38.6 Å². The highest BCUT2D eigenvalue weighted by Gasteiger charge is 2.49. The average Bonchev–Trinajstić information content (AvgIpc) is 3.90. The van der Waals surface area contributed by atoms with Crippen LogP contribution in [0.3, 0.4) is 0 Å². The minimum atomic E-state index is -0.477. The van der Waals surface area contributed by atoms with Gasteiger partial charge in [0.05, 0.1) is 16.8 Å². The van der Waals surface area contributed by atoms with Crippen molar-refractivity contribution in [2.75, 3.05) is 0 Å². The van der Waals surface area contributed by atoms with Crippen LogP contribution in [0.4, 0.5) is 0 Å². The minimum absolute atomic E-state index is 0.477. The van der Waals surface area contributed by atoms with Crippen molar-refractivity contribution in [1.82, 2.24) is 9.97 Å². The van der Waals surface area contributed by atoms with Crippen LogP contribution in [-0.2, 0) is 5.41 Å². The first-order chi connectivity index (χ1) is 31.7. The van der Waals surface area contributed by atoms with Crippen LogP contribution in [0.15, 0.2) is 216 Å². The molecule has 0 saturated heterocycles. The van der Waals surface area contributed by atoms with Gasteiger partial charge in [-0.1, -0.05) is 164 Å². The number of furan rings is 1. The maximum atomic E-state index is 7.24. The molecule has 3 aliphatic rings. The number of para-hydroxylation sites is 2. The molecule has 8 aromatic carbocycles. The fourth-order valence-electron chi connectivity index (χ4n) is 10.3. The molecule has 0 spiro atoms. The van der Waals surface area contributed by atoms with Gasteiger partial charge in [-0.05, 0) is 88.7 Å². The van der Waals surface area contributed by atoms with E-state index in [1.54, 1.807) is 0 Å². The third kappa shape index (κ3) is 5.57. The highest BCUT2D eigenvalue weighted by atomic mass is 16.6. The topological polar surface area (TPSA) is 57.4 Å². The Morgan fingerprint density at radius 1 is 0.469 bits per heavy atom. The number of allylic oxidation sites excluding steroid dienone is 4. The van der Waals surface area contributed by atoms with Gasteiger partial charge >= 0.3 is 0 Å². The summed E-state index contributed by atoms with van der Waals surface area (Å²) in [6.07, 6.45) is 6.51. The summed E-state index contributed by atoms with van der Waals surface area (Å²) in [5.74, 6) is 3.42. The van der Waals surface area contributed by atoms with Crippen LogP contribution >= 0.6 is 0 Å². The first-order valence-electron chi connectivity index (χ1n) is 21.9. The molecule has 0 atom stereocenters. The number of nitrogens with zero attached hydrogens (tertiary/aromatic N) is 2. The second-order valence-electron chi connectivity index (χ2n) is 16.7. The number of rotatable bonds is 6. The number of aromatic nitrogens is 2. The largest absolute Gasteiger partial charge is 0.456 e. The van der Waals surface area contributed by atoms with Gasteiger partial charge in [-0.15, -0.1) is 0 Å². The Balaban J connectivity index is 0.936. The predicted octanol–water partition coefficient (Wildman–Crippen LogP) is 15.4. The van der Waals surface area contributed by atoms with Gasteiger partial charge in [0.2, 0.25) is 0 Å². The van der Waals surface area contributed by atoms with E-state index < -0.39 is 5.41 Å². The van der Waals surface area contributed by atoms with Gasteiger partial charge in [-0.25, -0.2) is 9.97 Å². The Kier molecular flexibility index (Phi) is 8.19. The molecule has 10 aromatic rings. The Morgan fingerprint density at radius 2 is 1.14 bits per heavy atom.